The van der Waals surface area contributed by atoms with Crippen molar-refractivity contribution in [2.45, 2.75) is 119 Å². The Balaban J connectivity index is 0.000000162. The summed E-state index contributed by atoms with van der Waals surface area (Å²) in [7, 11) is 0. The lowest BCUT2D eigenvalue weighted by Crippen LogP contribution is -2.15. The molecule has 6 nitrogen and oxygen atoms in total. The lowest BCUT2D eigenvalue weighted by atomic mass is 9.80. The second-order valence-corrected chi connectivity index (χ2v) is 14.8. The lowest BCUT2D eigenvalue weighted by Gasteiger charge is -2.26. The van der Waals surface area contributed by atoms with Crippen LogP contribution in [0.3, 0.4) is 0 Å². The van der Waals surface area contributed by atoms with Crippen molar-refractivity contribution in [2.24, 2.45) is 23.7 Å². The number of aromatic nitrogens is 6. The molecule has 0 aliphatic heterocycles. The van der Waals surface area contributed by atoms with Crippen molar-refractivity contribution < 1.29 is 0 Å². The predicted molar refractivity (Wildman–Crippen MR) is 168 cm³/mol. The third-order valence-electron chi connectivity index (χ3n) is 8.88. The Hall–Kier alpha value is -2.06. The Morgan fingerprint density at radius 1 is 0.675 bits per heavy atom. The van der Waals surface area contributed by atoms with Crippen molar-refractivity contribution in [3.8, 4) is 0 Å². The third kappa shape index (κ3) is 7.04. The summed E-state index contributed by atoms with van der Waals surface area (Å²) in [6.45, 7) is 15.2. The average molecular weight is 579 g/mol. The number of hydrogen-bond acceptors (Lipinski definition) is 8. The van der Waals surface area contributed by atoms with Gasteiger partial charge in [0.05, 0.1) is 27.5 Å². The van der Waals surface area contributed by atoms with E-state index in [4.69, 9.17) is 4.98 Å². The van der Waals surface area contributed by atoms with Gasteiger partial charge in [0.1, 0.15) is 26.8 Å². The summed E-state index contributed by atoms with van der Waals surface area (Å²) < 4.78 is 4.64. The van der Waals surface area contributed by atoms with Crippen molar-refractivity contribution in [3.05, 3.63) is 33.7 Å². The molecule has 2 aliphatic rings. The minimum absolute atomic E-state index is 0.440. The molecule has 0 aromatic carbocycles. The molecule has 0 saturated heterocycles. The molecule has 0 bridgehead atoms. The fraction of sp³-hybridized carbons (Fsp3) is 0.688. The zero-order valence-corrected chi connectivity index (χ0v) is 27.1. The van der Waals surface area contributed by atoms with Gasteiger partial charge in [-0.05, 0) is 100 Å². The molecule has 216 valence electrons. The molecule has 4 aromatic heterocycles. The van der Waals surface area contributed by atoms with E-state index in [1.165, 1.54) is 85.4 Å². The van der Waals surface area contributed by atoms with E-state index < -0.39 is 0 Å². The number of hydrogen-bond donors (Lipinski definition) is 0. The van der Waals surface area contributed by atoms with Gasteiger partial charge < -0.3 is 0 Å². The molecule has 40 heavy (non-hydrogen) atoms. The summed E-state index contributed by atoms with van der Waals surface area (Å²) >= 11 is 3.21. The van der Waals surface area contributed by atoms with Crippen molar-refractivity contribution in [3.63, 3.8) is 0 Å². The third-order valence-corrected chi connectivity index (χ3v) is 10.5. The maximum absolute atomic E-state index is 4.79. The van der Waals surface area contributed by atoms with Gasteiger partial charge in [-0.15, -0.1) is 0 Å². The monoisotopic (exact) mass is 578 g/mol. The summed E-state index contributed by atoms with van der Waals surface area (Å²) in [5, 5.41) is 2.34. The number of fused-ring (bicyclic) bond motifs is 2. The van der Waals surface area contributed by atoms with E-state index >= 15 is 0 Å². The maximum Gasteiger partial charge on any atom is 0.147 e. The Bertz CT molecular complexity index is 1420. The summed E-state index contributed by atoms with van der Waals surface area (Å²) in [4.78, 5) is 25.3. The molecule has 0 N–H and O–H groups in total. The van der Waals surface area contributed by atoms with Gasteiger partial charge in [0, 0.05) is 0 Å². The molecule has 0 spiro atoms. The van der Waals surface area contributed by atoms with Crippen LogP contribution in [-0.2, 0) is 12.8 Å². The van der Waals surface area contributed by atoms with Gasteiger partial charge in [0.15, 0.2) is 0 Å². The summed E-state index contributed by atoms with van der Waals surface area (Å²) in [6, 6.07) is 0. The van der Waals surface area contributed by atoms with Crippen LogP contribution in [-0.4, -0.2) is 29.3 Å². The van der Waals surface area contributed by atoms with Gasteiger partial charge in [-0.25, -0.2) is 24.9 Å². The zero-order valence-electron chi connectivity index (χ0n) is 25.5. The standard InChI is InChI=1S/C17H25N3S.C15H21N3S/c1-10(2)16-15-14(9-13-7-5-11(3)6-8-13)18-12(4)19-17(15)21-20-16;1-9-4-6-12(7-5-9)8-13-14-15(17-10(2)16-13)19-11(3)18-14/h10-11,13H,5-9H2,1-4H3;9,12H,4-8H2,1-3H3. The molecular formula is C32H46N6S2. The van der Waals surface area contributed by atoms with Gasteiger partial charge >= 0.3 is 0 Å². The topological polar surface area (TPSA) is 77.3 Å². The van der Waals surface area contributed by atoms with E-state index in [9.17, 15) is 0 Å². The van der Waals surface area contributed by atoms with Crippen molar-refractivity contribution in [1.29, 1.82) is 0 Å². The van der Waals surface area contributed by atoms with Crippen LogP contribution in [0.25, 0.3) is 20.6 Å². The van der Waals surface area contributed by atoms with Crippen molar-refractivity contribution in [2.75, 3.05) is 0 Å². The molecule has 0 unspecified atom stereocenters. The second kappa shape index (κ2) is 12.8. The zero-order chi connectivity index (χ0) is 28.4. The molecule has 0 radical (unpaired) electrons. The van der Waals surface area contributed by atoms with Gasteiger partial charge in [-0.2, -0.15) is 4.37 Å². The first-order valence-corrected chi connectivity index (χ1v) is 17.0. The molecule has 4 aromatic rings. The van der Waals surface area contributed by atoms with Crippen molar-refractivity contribution in [1.82, 2.24) is 29.3 Å². The normalized spacial score (nSPS) is 23.5. The quantitative estimate of drug-likeness (QED) is 0.235. The van der Waals surface area contributed by atoms with Crippen LogP contribution in [0.15, 0.2) is 0 Å². The number of aryl methyl sites for hydroxylation is 3. The van der Waals surface area contributed by atoms with Crippen LogP contribution >= 0.6 is 22.9 Å². The fourth-order valence-corrected chi connectivity index (χ4v) is 8.29. The van der Waals surface area contributed by atoms with E-state index in [1.54, 1.807) is 11.3 Å². The maximum atomic E-state index is 4.79. The lowest BCUT2D eigenvalue weighted by molar-refractivity contribution is 0.288. The highest BCUT2D eigenvalue weighted by Crippen LogP contribution is 2.35. The minimum Gasteiger partial charge on any atom is -0.238 e. The van der Waals surface area contributed by atoms with E-state index in [1.807, 2.05) is 20.8 Å². The van der Waals surface area contributed by atoms with Crippen LogP contribution < -0.4 is 0 Å². The first kappa shape index (κ1) is 29.4. The first-order chi connectivity index (χ1) is 19.2. The molecule has 2 saturated carbocycles. The van der Waals surface area contributed by atoms with Crippen LogP contribution in [0.1, 0.15) is 119 Å². The molecule has 8 heteroatoms. The van der Waals surface area contributed by atoms with Crippen molar-refractivity contribution >= 4 is 43.4 Å². The highest BCUT2D eigenvalue weighted by molar-refractivity contribution is 7.18. The Kier molecular flexibility index (Phi) is 9.45. The predicted octanol–water partition coefficient (Wildman–Crippen LogP) is 8.96. The highest BCUT2D eigenvalue weighted by atomic mass is 32.1. The Labute approximate surface area is 248 Å². The molecule has 6 rings (SSSR count). The summed E-state index contributed by atoms with van der Waals surface area (Å²) in [6.07, 6.45) is 13.0. The second-order valence-electron chi connectivity index (χ2n) is 12.9. The molecule has 0 atom stereocenters. The van der Waals surface area contributed by atoms with E-state index in [0.717, 1.165) is 68.3 Å². The average Bonchev–Trinajstić information content (AvgIpc) is 3.50. The minimum atomic E-state index is 0.440. The van der Waals surface area contributed by atoms with E-state index in [0.29, 0.717) is 5.92 Å². The molecular weight excluding hydrogens is 533 g/mol. The fourth-order valence-electron chi connectivity index (χ4n) is 6.46. The highest BCUT2D eigenvalue weighted by Gasteiger charge is 2.23. The molecule has 2 fully saturated rings. The molecule has 0 amide bonds. The van der Waals surface area contributed by atoms with E-state index in [2.05, 4.69) is 52.0 Å². The van der Waals surface area contributed by atoms with Gasteiger partial charge in [0.2, 0.25) is 0 Å². The van der Waals surface area contributed by atoms with Crippen LogP contribution in [0.4, 0.5) is 0 Å². The molecule has 4 heterocycles. The summed E-state index contributed by atoms with van der Waals surface area (Å²) in [5.41, 5.74) is 4.65. The van der Waals surface area contributed by atoms with Crippen LogP contribution in [0.5, 0.6) is 0 Å². The Morgan fingerprint density at radius 3 is 1.77 bits per heavy atom. The number of thiazole rings is 1. The first-order valence-electron chi connectivity index (χ1n) is 15.4. The Morgan fingerprint density at radius 2 is 1.20 bits per heavy atom. The van der Waals surface area contributed by atoms with E-state index in [-0.39, 0.29) is 0 Å². The SMILES string of the molecule is Cc1nc(CC2CCC(C)CC2)c2c(C(C)C)nsc2n1.Cc1nc(CC2CCC(C)CC2)c2nc(C)sc2n1. The number of rotatable bonds is 5. The van der Waals surface area contributed by atoms with Gasteiger partial charge in [-0.3, -0.25) is 0 Å². The van der Waals surface area contributed by atoms with Gasteiger partial charge in [-0.1, -0.05) is 64.7 Å². The summed E-state index contributed by atoms with van der Waals surface area (Å²) in [5.74, 6) is 5.60. The van der Waals surface area contributed by atoms with Gasteiger partial charge in [0.25, 0.3) is 0 Å². The van der Waals surface area contributed by atoms with Crippen LogP contribution in [0, 0.1) is 44.4 Å². The smallest absolute Gasteiger partial charge is 0.147 e. The molecule has 2 aliphatic carbocycles. The number of nitrogens with zero attached hydrogens (tertiary/aromatic N) is 6. The van der Waals surface area contributed by atoms with Crippen LogP contribution in [0.2, 0.25) is 0 Å². The largest absolute Gasteiger partial charge is 0.238 e.